The lowest BCUT2D eigenvalue weighted by Crippen LogP contribution is -2.38. The van der Waals surface area contributed by atoms with Gasteiger partial charge in [-0.1, -0.05) is 56.0 Å². The number of unbranched alkanes of at least 4 members (excludes halogenated alkanes) is 1. The van der Waals surface area contributed by atoms with Crippen LogP contribution in [-0.4, -0.2) is 29.9 Å². The summed E-state index contributed by atoms with van der Waals surface area (Å²) in [5.41, 5.74) is 2.32. The molecular weight excluding hydrogens is 350 g/mol. The summed E-state index contributed by atoms with van der Waals surface area (Å²) in [4.78, 5) is 26.9. The molecule has 1 aromatic rings. The molecule has 28 heavy (non-hydrogen) atoms. The van der Waals surface area contributed by atoms with E-state index in [2.05, 4.69) is 38.1 Å². The van der Waals surface area contributed by atoms with E-state index < -0.39 is 0 Å². The van der Waals surface area contributed by atoms with Crippen molar-refractivity contribution in [1.29, 1.82) is 0 Å². The maximum atomic E-state index is 13.2. The van der Waals surface area contributed by atoms with E-state index in [-0.39, 0.29) is 24.2 Å². The lowest BCUT2D eigenvalue weighted by molar-refractivity contribution is -0.145. The van der Waals surface area contributed by atoms with E-state index in [4.69, 9.17) is 4.74 Å². The van der Waals surface area contributed by atoms with Gasteiger partial charge >= 0.3 is 5.97 Å². The van der Waals surface area contributed by atoms with Gasteiger partial charge in [0.1, 0.15) is 0 Å². The van der Waals surface area contributed by atoms with E-state index in [1.807, 2.05) is 11.8 Å². The van der Waals surface area contributed by atoms with Gasteiger partial charge in [0.05, 0.1) is 13.0 Å². The fraction of sp³-hybridized carbons (Fsp3) is 0.667. The summed E-state index contributed by atoms with van der Waals surface area (Å²) in [6.45, 7) is 7.48. The molecule has 1 saturated carbocycles. The quantitative estimate of drug-likeness (QED) is 0.514. The molecule has 0 N–H and O–H groups in total. The normalized spacial score (nSPS) is 19.2. The van der Waals surface area contributed by atoms with Crippen LogP contribution in [0.3, 0.4) is 0 Å². The summed E-state index contributed by atoms with van der Waals surface area (Å²) in [5, 5.41) is 0. The standard InChI is InChI=1S/C24H37NO3/c1-4-6-7-20-12-14-22(15-13-20)24(27)25(17-16-23(26)28-5-2)18-21-10-8-19(3)9-11-21/h8-11,20,22H,4-7,12-18H2,1-3H3. The highest BCUT2D eigenvalue weighted by molar-refractivity contribution is 5.79. The number of nitrogens with zero attached hydrogens (tertiary/aromatic N) is 1. The monoisotopic (exact) mass is 387 g/mol. The average Bonchev–Trinajstić information content (AvgIpc) is 2.71. The van der Waals surface area contributed by atoms with E-state index >= 15 is 0 Å². The summed E-state index contributed by atoms with van der Waals surface area (Å²) in [6.07, 6.45) is 8.39. The predicted octanol–water partition coefficient (Wildman–Crippen LogP) is 5.27. The lowest BCUT2D eigenvalue weighted by Gasteiger charge is -2.32. The molecule has 1 aromatic carbocycles. The van der Waals surface area contributed by atoms with Crippen LogP contribution in [0.15, 0.2) is 24.3 Å². The first kappa shape index (κ1) is 22.4. The number of hydrogen-bond acceptors (Lipinski definition) is 3. The molecular formula is C24H37NO3. The number of benzene rings is 1. The van der Waals surface area contributed by atoms with Crippen molar-refractivity contribution in [2.45, 2.75) is 78.7 Å². The number of carbonyl (C=O) groups excluding carboxylic acids is 2. The molecule has 1 aliphatic rings. The molecule has 0 aliphatic heterocycles. The van der Waals surface area contributed by atoms with Crippen LogP contribution in [0.2, 0.25) is 0 Å². The second kappa shape index (κ2) is 11.9. The fourth-order valence-corrected chi connectivity index (χ4v) is 4.09. The minimum atomic E-state index is -0.229. The van der Waals surface area contributed by atoms with Crippen LogP contribution < -0.4 is 0 Å². The van der Waals surface area contributed by atoms with Crippen LogP contribution in [0.1, 0.15) is 76.3 Å². The second-order valence-electron chi connectivity index (χ2n) is 8.16. The number of hydrogen-bond donors (Lipinski definition) is 0. The van der Waals surface area contributed by atoms with Gasteiger partial charge in [0.25, 0.3) is 0 Å². The number of amides is 1. The largest absolute Gasteiger partial charge is 0.466 e. The minimum Gasteiger partial charge on any atom is -0.466 e. The van der Waals surface area contributed by atoms with Gasteiger partial charge in [0.15, 0.2) is 0 Å². The zero-order valence-electron chi connectivity index (χ0n) is 17.9. The van der Waals surface area contributed by atoms with Gasteiger partial charge in [-0.15, -0.1) is 0 Å². The van der Waals surface area contributed by atoms with Crippen LogP contribution >= 0.6 is 0 Å². The summed E-state index contributed by atoms with van der Waals surface area (Å²) in [7, 11) is 0. The third kappa shape index (κ3) is 7.29. The van der Waals surface area contributed by atoms with Crippen molar-refractivity contribution in [3.05, 3.63) is 35.4 Å². The summed E-state index contributed by atoms with van der Waals surface area (Å²) in [5.74, 6) is 0.867. The van der Waals surface area contributed by atoms with Gasteiger partial charge in [0.2, 0.25) is 5.91 Å². The predicted molar refractivity (Wildman–Crippen MR) is 113 cm³/mol. The molecule has 4 heteroatoms. The smallest absolute Gasteiger partial charge is 0.307 e. The summed E-state index contributed by atoms with van der Waals surface area (Å²) in [6, 6.07) is 8.29. The molecule has 1 aliphatic carbocycles. The second-order valence-corrected chi connectivity index (χ2v) is 8.16. The lowest BCUT2D eigenvalue weighted by atomic mass is 9.79. The van der Waals surface area contributed by atoms with Gasteiger partial charge in [-0.3, -0.25) is 9.59 Å². The highest BCUT2D eigenvalue weighted by atomic mass is 16.5. The Bertz CT molecular complexity index is 603. The van der Waals surface area contributed by atoms with Crippen LogP contribution in [0, 0.1) is 18.8 Å². The topological polar surface area (TPSA) is 46.6 Å². The number of esters is 1. The molecule has 0 heterocycles. The van der Waals surface area contributed by atoms with Crippen molar-refractivity contribution in [2.75, 3.05) is 13.2 Å². The van der Waals surface area contributed by atoms with Gasteiger partial charge in [-0.2, -0.15) is 0 Å². The number of carbonyl (C=O) groups is 2. The van der Waals surface area contributed by atoms with Crippen molar-refractivity contribution < 1.29 is 14.3 Å². The maximum absolute atomic E-state index is 13.2. The zero-order chi connectivity index (χ0) is 20.4. The molecule has 0 aromatic heterocycles. The number of rotatable bonds is 10. The van der Waals surface area contributed by atoms with Gasteiger partial charge in [-0.25, -0.2) is 0 Å². The molecule has 0 saturated heterocycles. The average molecular weight is 388 g/mol. The van der Waals surface area contributed by atoms with Gasteiger partial charge in [-0.05, 0) is 51.0 Å². The Morgan fingerprint density at radius 1 is 1.07 bits per heavy atom. The molecule has 2 rings (SSSR count). The van der Waals surface area contributed by atoms with Crippen molar-refractivity contribution in [3.8, 4) is 0 Å². The molecule has 0 unspecified atom stereocenters. The molecule has 4 nitrogen and oxygen atoms in total. The Morgan fingerprint density at radius 3 is 2.36 bits per heavy atom. The molecule has 1 amide bonds. The molecule has 156 valence electrons. The molecule has 1 fully saturated rings. The molecule has 0 bridgehead atoms. The van der Waals surface area contributed by atoms with Crippen molar-refractivity contribution in [3.63, 3.8) is 0 Å². The number of ether oxygens (including phenoxy) is 1. The SMILES string of the molecule is CCCCC1CCC(C(=O)N(CCC(=O)OCC)Cc2ccc(C)cc2)CC1. The maximum Gasteiger partial charge on any atom is 0.307 e. The molecule has 0 radical (unpaired) electrons. The van der Waals surface area contributed by atoms with Crippen LogP contribution in [0.25, 0.3) is 0 Å². The van der Waals surface area contributed by atoms with Crippen molar-refractivity contribution in [2.24, 2.45) is 11.8 Å². The van der Waals surface area contributed by atoms with Gasteiger partial charge in [0, 0.05) is 19.0 Å². The highest BCUT2D eigenvalue weighted by Crippen LogP contribution is 2.33. The Kier molecular flexibility index (Phi) is 9.52. The first-order valence-corrected chi connectivity index (χ1v) is 11.0. The summed E-state index contributed by atoms with van der Waals surface area (Å²) < 4.78 is 5.06. The first-order valence-electron chi connectivity index (χ1n) is 11.0. The third-order valence-corrected chi connectivity index (χ3v) is 5.86. The van der Waals surface area contributed by atoms with Crippen molar-refractivity contribution >= 4 is 11.9 Å². The van der Waals surface area contributed by atoms with Gasteiger partial charge < -0.3 is 9.64 Å². The highest BCUT2D eigenvalue weighted by Gasteiger charge is 2.29. The Labute approximate surface area is 170 Å². The van der Waals surface area contributed by atoms with Crippen LogP contribution in [-0.2, 0) is 20.9 Å². The van der Waals surface area contributed by atoms with Crippen molar-refractivity contribution in [1.82, 2.24) is 4.90 Å². The summed E-state index contributed by atoms with van der Waals surface area (Å²) >= 11 is 0. The van der Waals surface area contributed by atoms with E-state index in [1.54, 1.807) is 0 Å². The van der Waals surface area contributed by atoms with E-state index in [9.17, 15) is 9.59 Å². The Morgan fingerprint density at radius 2 is 1.75 bits per heavy atom. The van der Waals surface area contributed by atoms with E-state index in [0.29, 0.717) is 19.7 Å². The first-order chi connectivity index (χ1) is 13.5. The van der Waals surface area contributed by atoms with E-state index in [0.717, 1.165) is 37.2 Å². The fourth-order valence-electron chi connectivity index (χ4n) is 4.09. The third-order valence-electron chi connectivity index (χ3n) is 5.86. The number of aryl methyl sites for hydroxylation is 1. The zero-order valence-corrected chi connectivity index (χ0v) is 17.9. The Hall–Kier alpha value is -1.84. The minimum absolute atomic E-state index is 0.102. The Balaban J connectivity index is 1.97. The van der Waals surface area contributed by atoms with E-state index in [1.165, 1.54) is 24.8 Å². The molecule has 0 atom stereocenters. The van der Waals surface area contributed by atoms with Crippen LogP contribution in [0.4, 0.5) is 0 Å². The molecule has 0 spiro atoms. The van der Waals surface area contributed by atoms with Crippen LogP contribution in [0.5, 0.6) is 0 Å².